The first kappa shape index (κ1) is 14.7. The van der Waals surface area contributed by atoms with Gasteiger partial charge in [-0.25, -0.2) is 0 Å². The molecule has 18 heavy (non-hydrogen) atoms. The molecule has 0 saturated carbocycles. The minimum absolute atomic E-state index is 0.0916. The van der Waals surface area contributed by atoms with Crippen molar-refractivity contribution in [3.63, 3.8) is 0 Å². The summed E-state index contributed by atoms with van der Waals surface area (Å²) in [7, 11) is 0. The van der Waals surface area contributed by atoms with Gasteiger partial charge in [0, 0.05) is 12.8 Å². The lowest BCUT2D eigenvalue weighted by molar-refractivity contribution is -0.136. The summed E-state index contributed by atoms with van der Waals surface area (Å²) in [4.78, 5) is 22.6. The van der Waals surface area contributed by atoms with Crippen LogP contribution in [0.3, 0.4) is 0 Å². The Bertz CT molecular complexity index is 470. The smallest absolute Gasteiger partial charge is 0.311 e. The van der Waals surface area contributed by atoms with E-state index in [0.29, 0.717) is 3.57 Å². The van der Waals surface area contributed by atoms with E-state index in [4.69, 9.17) is 9.47 Å². The third-order valence-corrected chi connectivity index (χ3v) is 3.35. The van der Waals surface area contributed by atoms with E-state index in [2.05, 4.69) is 0 Å². The van der Waals surface area contributed by atoms with Crippen LogP contribution in [0.5, 0.6) is 11.5 Å². The summed E-state index contributed by atoms with van der Waals surface area (Å²) in [5.74, 6) is -0.676. The van der Waals surface area contributed by atoms with Crippen LogP contribution in [0.15, 0.2) is 18.2 Å². The number of carbonyl (C=O) groups is 2. The number of rotatable bonds is 5. The third kappa shape index (κ3) is 3.86. The summed E-state index contributed by atoms with van der Waals surface area (Å²) in [6, 6.07) is 4.70. The normalized spacial score (nSPS) is 9.89. The Morgan fingerprint density at radius 2 is 1.72 bits per heavy atom. The predicted molar refractivity (Wildman–Crippen MR) is 71.7 cm³/mol. The van der Waals surface area contributed by atoms with Crippen LogP contribution < -0.4 is 9.47 Å². The molecule has 0 spiro atoms. The number of para-hydroxylation sites is 1. The highest BCUT2D eigenvalue weighted by Gasteiger charge is 2.16. The molecule has 0 N–H and O–H groups in total. The monoisotopic (exact) mass is 364 g/mol. The highest BCUT2D eigenvalue weighted by Crippen LogP contribution is 2.34. The molecule has 1 aromatic rings. The quantitative estimate of drug-likeness (QED) is 0.457. The van der Waals surface area contributed by atoms with Crippen LogP contribution in [-0.2, 0) is 12.7 Å². The SMILES string of the molecule is CCC(=O)Oc1cccc(I=O)c1OC(=O)CC. The van der Waals surface area contributed by atoms with Gasteiger partial charge in [0.25, 0.3) is 0 Å². The summed E-state index contributed by atoms with van der Waals surface area (Å²) >= 11 is -1.52. The molecule has 0 aliphatic carbocycles. The highest BCUT2D eigenvalue weighted by molar-refractivity contribution is 14.1. The lowest BCUT2D eigenvalue weighted by atomic mass is 10.3. The third-order valence-electron chi connectivity index (χ3n) is 2.03. The molecule has 0 fully saturated rings. The average Bonchev–Trinajstić information content (AvgIpc) is 2.40. The van der Waals surface area contributed by atoms with Crippen molar-refractivity contribution in [3.05, 3.63) is 21.8 Å². The van der Waals surface area contributed by atoms with Gasteiger partial charge in [-0.05, 0) is 12.1 Å². The molecule has 0 radical (unpaired) electrons. The largest absolute Gasteiger partial charge is 0.422 e. The van der Waals surface area contributed by atoms with Gasteiger partial charge in [0.05, 0.1) is 3.57 Å². The maximum Gasteiger partial charge on any atom is 0.311 e. The first-order valence-electron chi connectivity index (χ1n) is 5.43. The van der Waals surface area contributed by atoms with Crippen LogP contribution in [0, 0.1) is 3.57 Å². The van der Waals surface area contributed by atoms with E-state index in [1.165, 1.54) is 6.07 Å². The Morgan fingerprint density at radius 1 is 1.11 bits per heavy atom. The van der Waals surface area contributed by atoms with Crippen molar-refractivity contribution in [1.29, 1.82) is 0 Å². The fourth-order valence-electron chi connectivity index (χ4n) is 1.11. The molecule has 0 aromatic heterocycles. The molecule has 5 nitrogen and oxygen atoms in total. The van der Waals surface area contributed by atoms with E-state index < -0.39 is 33.1 Å². The van der Waals surface area contributed by atoms with Crippen molar-refractivity contribution in [2.45, 2.75) is 26.7 Å². The molecule has 0 saturated heterocycles. The van der Waals surface area contributed by atoms with Crippen LogP contribution in [0.4, 0.5) is 0 Å². The van der Waals surface area contributed by atoms with Gasteiger partial charge < -0.3 is 9.47 Å². The molecular formula is C12H13IO5. The van der Waals surface area contributed by atoms with E-state index in [1.54, 1.807) is 26.0 Å². The number of hydrogen-bond donors (Lipinski definition) is 0. The second-order valence-corrected chi connectivity index (χ2v) is 4.90. The lowest BCUT2D eigenvalue weighted by Gasteiger charge is -2.10. The van der Waals surface area contributed by atoms with Crippen LogP contribution in [-0.4, -0.2) is 11.9 Å². The van der Waals surface area contributed by atoms with E-state index in [9.17, 15) is 12.7 Å². The molecule has 0 aliphatic heterocycles. The first-order chi connectivity index (χ1) is 8.62. The van der Waals surface area contributed by atoms with Crippen molar-refractivity contribution < 1.29 is 22.1 Å². The zero-order valence-electron chi connectivity index (χ0n) is 10.1. The highest BCUT2D eigenvalue weighted by atomic mass is 127. The van der Waals surface area contributed by atoms with Gasteiger partial charge in [-0.2, -0.15) is 0 Å². The Hall–Kier alpha value is -1.31. The summed E-state index contributed by atoms with van der Waals surface area (Å²) in [6.07, 6.45) is 0.393. The van der Waals surface area contributed by atoms with Gasteiger partial charge in [-0.1, -0.05) is 19.9 Å². The summed E-state index contributed by atoms with van der Waals surface area (Å²) in [6.45, 7) is 3.30. The summed E-state index contributed by atoms with van der Waals surface area (Å²) < 4.78 is 21.6. The van der Waals surface area contributed by atoms with Crippen LogP contribution >= 0.6 is 21.2 Å². The summed E-state index contributed by atoms with van der Waals surface area (Å²) in [5, 5.41) is 0. The van der Waals surface area contributed by atoms with Gasteiger partial charge in [0.15, 0.2) is 32.7 Å². The van der Waals surface area contributed by atoms with Gasteiger partial charge in [0.1, 0.15) is 0 Å². The zero-order chi connectivity index (χ0) is 13.5. The lowest BCUT2D eigenvalue weighted by Crippen LogP contribution is -2.11. The number of benzene rings is 1. The van der Waals surface area contributed by atoms with Crippen LogP contribution in [0.2, 0.25) is 0 Å². The molecule has 0 amide bonds. The Kier molecular flexibility index (Phi) is 5.90. The fraction of sp³-hybridized carbons (Fsp3) is 0.333. The molecule has 0 heterocycles. The van der Waals surface area contributed by atoms with E-state index in [0.717, 1.165) is 0 Å². The van der Waals surface area contributed by atoms with Crippen molar-refractivity contribution in [2.24, 2.45) is 0 Å². The van der Waals surface area contributed by atoms with Gasteiger partial charge in [-0.3, -0.25) is 12.7 Å². The standard InChI is InChI=1S/C12H13IO5/c1-3-10(14)17-9-7-5-6-8(13-16)12(9)18-11(15)4-2/h5-7H,3-4H2,1-2H3. The summed E-state index contributed by atoms with van der Waals surface area (Å²) in [5.41, 5.74) is 0. The van der Waals surface area contributed by atoms with Crippen LogP contribution in [0.1, 0.15) is 26.7 Å². The topological polar surface area (TPSA) is 69.7 Å². The van der Waals surface area contributed by atoms with E-state index in [1.807, 2.05) is 0 Å². The predicted octanol–water partition coefficient (Wildman–Crippen LogP) is 2.80. The molecule has 1 aromatic carbocycles. The van der Waals surface area contributed by atoms with Gasteiger partial charge in [0.2, 0.25) is 0 Å². The molecule has 1 rings (SSSR count). The second-order valence-electron chi connectivity index (χ2n) is 3.30. The van der Waals surface area contributed by atoms with E-state index in [-0.39, 0.29) is 24.3 Å². The maximum atomic E-state index is 11.3. The number of carbonyl (C=O) groups excluding carboxylic acids is 2. The first-order valence-corrected chi connectivity index (χ1v) is 7.39. The number of esters is 2. The van der Waals surface area contributed by atoms with E-state index >= 15 is 0 Å². The molecule has 0 unspecified atom stereocenters. The Balaban J connectivity index is 3.11. The van der Waals surface area contributed by atoms with Crippen molar-refractivity contribution in [1.82, 2.24) is 0 Å². The van der Waals surface area contributed by atoms with Crippen molar-refractivity contribution >= 4 is 33.1 Å². The minimum atomic E-state index is -1.52. The zero-order valence-corrected chi connectivity index (χ0v) is 12.2. The van der Waals surface area contributed by atoms with Crippen molar-refractivity contribution in [2.75, 3.05) is 0 Å². The Labute approximate surface area is 115 Å². The fourth-order valence-corrected chi connectivity index (χ4v) is 2.04. The molecule has 0 atom stereocenters. The van der Waals surface area contributed by atoms with Gasteiger partial charge >= 0.3 is 11.9 Å². The van der Waals surface area contributed by atoms with Crippen LogP contribution in [0.25, 0.3) is 0 Å². The van der Waals surface area contributed by atoms with Crippen molar-refractivity contribution in [3.8, 4) is 11.5 Å². The Morgan fingerprint density at radius 3 is 2.28 bits per heavy atom. The van der Waals surface area contributed by atoms with Gasteiger partial charge in [-0.15, -0.1) is 0 Å². The molecule has 0 bridgehead atoms. The molecule has 0 aliphatic rings. The molecule has 6 heteroatoms. The molecular weight excluding hydrogens is 351 g/mol. The maximum absolute atomic E-state index is 11.3. The minimum Gasteiger partial charge on any atom is -0.422 e. The average molecular weight is 364 g/mol. The second kappa shape index (κ2) is 7.20. The number of hydrogen-bond acceptors (Lipinski definition) is 5. The number of ether oxygens (including phenoxy) is 2. The molecule has 98 valence electrons. The number of halogens is 1.